The lowest BCUT2D eigenvalue weighted by Crippen LogP contribution is -2.38. The molecule has 2 aromatic rings. The van der Waals surface area contributed by atoms with Crippen LogP contribution in [0.3, 0.4) is 0 Å². The number of fused-ring (bicyclic) bond motifs is 1. The number of carbonyl (C=O) groups excluding carboxylic acids is 1. The number of anilines is 1. The van der Waals surface area contributed by atoms with E-state index in [4.69, 9.17) is 0 Å². The summed E-state index contributed by atoms with van der Waals surface area (Å²) in [5.74, 6) is 0.00899. The van der Waals surface area contributed by atoms with Crippen LogP contribution in [0.25, 0.3) is 0 Å². The number of amides is 1. The van der Waals surface area contributed by atoms with Gasteiger partial charge in [0, 0.05) is 46.0 Å². The van der Waals surface area contributed by atoms with Crippen molar-refractivity contribution < 1.29 is 13.2 Å². The van der Waals surface area contributed by atoms with Crippen molar-refractivity contribution in [2.45, 2.75) is 24.3 Å². The normalized spacial score (nSPS) is 20.8. The topological polar surface area (TPSA) is 93.8 Å². The Bertz CT molecular complexity index is 1510. The molecule has 3 aliphatic rings. The van der Waals surface area contributed by atoms with Gasteiger partial charge in [-0.1, -0.05) is 60.7 Å². The van der Waals surface area contributed by atoms with Gasteiger partial charge in [0.1, 0.15) is 0 Å². The molecule has 0 radical (unpaired) electrons. The molecule has 214 valence electrons. The van der Waals surface area contributed by atoms with E-state index in [1.54, 1.807) is 16.4 Å². The van der Waals surface area contributed by atoms with Gasteiger partial charge in [-0.3, -0.25) is 4.79 Å². The zero-order valence-corrected chi connectivity index (χ0v) is 24.3. The van der Waals surface area contributed by atoms with Gasteiger partial charge in [-0.2, -0.15) is 4.31 Å². The van der Waals surface area contributed by atoms with Crippen LogP contribution in [-0.4, -0.2) is 52.4 Å². The molecule has 0 atom stereocenters. The van der Waals surface area contributed by atoms with Crippen LogP contribution in [0.1, 0.15) is 18.4 Å². The maximum absolute atomic E-state index is 13.5. The number of piperidine rings is 1. The van der Waals surface area contributed by atoms with E-state index in [0.29, 0.717) is 55.2 Å². The van der Waals surface area contributed by atoms with Crippen molar-refractivity contribution in [1.29, 1.82) is 0 Å². The summed E-state index contributed by atoms with van der Waals surface area (Å²) in [6.45, 7) is 1.88. The van der Waals surface area contributed by atoms with E-state index in [-0.39, 0.29) is 11.8 Å². The fourth-order valence-electron chi connectivity index (χ4n) is 5.31. The maximum atomic E-state index is 13.5. The Labute approximate surface area is 242 Å². The molecule has 0 saturated carbocycles. The molecule has 0 aromatic heterocycles. The monoisotopic (exact) mass is 571 g/mol. The summed E-state index contributed by atoms with van der Waals surface area (Å²) in [4.78, 5) is 15.8. The van der Waals surface area contributed by atoms with Crippen molar-refractivity contribution in [3.05, 3.63) is 119 Å². The third-order valence-corrected chi connectivity index (χ3v) is 9.54. The van der Waals surface area contributed by atoms with Crippen LogP contribution in [0.15, 0.2) is 118 Å². The molecule has 2 bridgehead atoms. The van der Waals surface area contributed by atoms with Gasteiger partial charge >= 0.3 is 0 Å². The Kier molecular flexibility index (Phi) is 8.87. The zero-order chi connectivity index (χ0) is 28.8. The van der Waals surface area contributed by atoms with Crippen molar-refractivity contribution in [2.75, 3.05) is 38.6 Å². The van der Waals surface area contributed by atoms with E-state index in [2.05, 4.69) is 28.3 Å². The Morgan fingerprint density at radius 3 is 2.41 bits per heavy atom. The first-order valence-electron chi connectivity index (χ1n) is 13.9. The second-order valence-corrected chi connectivity index (χ2v) is 12.5. The van der Waals surface area contributed by atoms with Crippen LogP contribution >= 0.6 is 0 Å². The Hall–Kier alpha value is -3.92. The van der Waals surface area contributed by atoms with Gasteiger partial charge in [0.2, 0.25) is 10.0 Å². The van der Waals surface area contributed by atoms with E-state index >= 15 is 0 Å². The molecule has 8 nitrogen and oxygen atoms in total. The minimum Gasteiger partial charge on any atom is -0.378 e. The van der Waals surface area contributed by atoms with Crippen LogP contribution in [0, 0.1) is 5.92 Å². The number of allylic oxidation sites excluding steroid dienone is 6. The quantitative estimate of drug-likeness (QED) is 0.468. The summed E-state index contributed by atoms with van der Waals surface area (Å²) in [5, 5.41) is 3.07. The van der Waals surface area contributed by atoms with Gasteiger partial charge < -0.3 is 15.6 Å². The van der Waals surface area contributed by atoms with Crippen molar-refractivity contribution in [2.24, 2.45) is 5.92 Å². The van der Waals surface area contributed by atoms with Crippen LogP contribution in [0.2, 0.25) is 0 Å². The summed E-state index contributed by atoms with van der Waals surface area (Å²) in [5.41, 5.74) is 11.6. The molecule has 1 fully saturated rings. The molecular weight excluding hydrogens is 534 g/mol. The van der Waals surface area contributed by atoms with Gasteiger partial charge in [0.15, 0.2) is 0 Å². The summed E-state index contributed by atoms with van der Waals surface area (Å²) in [6.07, 6.45) is 13.3. The third kappa shape index (κ3) is 6.70. The molecule has 1 amide bonds. The van der Waals surface area contributed by atoms with Crippen LogP contribution in [-0.2, 0) is 21.4 Å². The minimum atomic E-state index is -3.57. The highest BCUT2D eigenvalue weighted by Crippen LogP contribution is 2.32. The molecule has 41 heavy (non-hydrogen) atoms. The lowest BCUT2D eigenvalue weighted by atomic mass is 9.87. The predicted molar refractivity (Wildman–Crippen MR) is 163 cm³/mol. The number of nitrogens with zero attached hydrogens (tertiary/aromatic N) is 2. The van der Waals surface area contributed by atoms with E-state index in [9.17, 15) is 13.2 Å². The average molecular weight is 572 g/mol. The predicted octanol–water partition coefficient (Wildman–Crippen LogP) is 3.81. The van der Waals surface area contributed by atoms with Gasteiger partial charge in [0.25, 0.3) is 5.91 Å². The highest BCUT2D eigenvalue weighted by molar-refractivity contribution is 7.89. The lowest BCUT2D eigenvalue weighted by molar-refractivity contribution is -0.117. The van der Waals surface area contributed by atoms with Crippen LogP contribution in [0.4, 0.5) is 5.69 Å². The van der Waals surface area contributed by atoms with Crippen molar-refractivity contribution >= 4 is 21.6 Å². The summed E-state index contributed by atoms with van der Waals surface area (Å²) in [6, 6.07) is 16.9. The standard InChI is InChI=1S/C32H37N5O3S/c1-36(2)28-12-14-29(15-13-28)41(39,40)37-20-17-25(18-21-37)26-16-19-34-35-30-11-7-6-10-27(22-26)31(30)32(38)33-23-24-8-4-3-5-9-24/h3-16,22,25,34-35H,17-21,23H2,1-2H3,(H,33,38)/b26-16-,27-22+. The van der Waals surface area contributed by atoms with Gasteiger partial charge in [-0.15, -0.1) is 0 Å². The van der Waals surface area contributed by atoms with E-state index in [1.807, 2.05) is 85.8 Å². The number of benzene rings is 2. The molecule has 2 aromatic carbocycles. The molecular formula is C32H37N5O3S. The Morgan fingerprint density at radius 1 is 1.00 bits per heavy atom. The van der Waals surface area contributed by atoms with Gasteiger partial charge in [-0.05, 0) is 65.8 Å². The van der Waals surface area contributed by atoms with Gasteiger partial charge in [-0.25, -0.2) is 13.8 Å². The first kappa shape index (κ1) is 28.6. The molecule has 2 heterocycles. The molecule has 3 N–H and O–H groups in total. The molecule has 9 heteroatoms. The molecule has 5 rings (SSSR count). The first-order valence-corrected chi connectivity index (χ1v) is 15.4. The highest BCUT2D eigenvalue weighted by atomic mass is 32.2. The number of hydrogen-bond donors (Lipinski definition) is 3. The summed E-state index contributed by atoms with van der Waals surface area (Å²) >= 11 is 0. The second-order valence-electron chi connectivity index (χ2n) is 10.6. The van der Waals surface area contributed by atoms with Gasteiger partial charge in [0.05, 0.1) is 16.2 Å². The molecule has 2 aliphatic heterocycles. The number of hydrazine groups is 1. The lowest BCUT2D eigenvalue weighted by Gasteiger charge is -2.32. The second kappa shape index (κ2) is 12.7. The van der Waals surface area contributed by atoms with Crippen molar-refractivity contribution in [3.8, 4) is 0 Å². The van der Waals surface area contributed by atoms with Crippen molar-refractivity contribution in [1.82, 2.24) is 20.5 Å². The number of sulfonamides is 1. The SMILES string of the molecule is CN(C)c1ccc(S(=O)(=O)N2CCC(C3=C\CNNC4=C(C(=O)NCc5ccccc5)\C(=C\3)C=CC=C4)CC2)cc1. The third-order valence-electron chi connectivity index (χ3n) is 7.63. The largest absolute Gasteiger partial charge is 0.378 e. The highest BCUT2D eigenvalue weighted by Gasteiger charge is 2.31. The molecule has 0 spiro atoms. The summed E-state index contributed by atoms with van der Waals surface area (Å²) < 4.78 is 28.3. The van der Waals surface area contributed by atoms with Crippen molar-refractivity contribution in [3.63, 3.8) is 0 Å². The number of rotatable bonds is 7. The smallest absolute Gasteiger partial charge is 0.254 e. The van der Waals surface area contributed by atoms with Crippen LogP contribution < -0.4 is 21.1 Å². The molecule has 0 unspecified atom stereocenters. The average Bonchev–Trinajstić information content (AvgIpc) is 3.13. The zero-order valence-electron chi connectivity index (χ0n) is 23.5. The van der Waals surface area contributed by atoms with E-state index in [0.717, 1.165) is 22.4 Å². The maximum Gasteiger partial charge on any atom is 0.254 e. The summed E-state index contributed by atoms with van der Waals surface area (Å²) in [7, 11) is 0.292. The Morgan fingerprint density at radius 2 is 1.71 bits per heavy atom. The minimum absolute atomic E-state index is 0.164. The van der Waals surface area contributed by atoms with Crippen LogP contribution in [0.5, 0.6) is 0 Å². The Balaban J connectivity index is 1.32. The van der Waals surface area contributed by atoms with E-state index in [1.165, 1.54) is 0 Å². The molecule has 1 saturated heterocycles. The first-order chi connectivity index (χ1) is 19.8. The fraction of sp³-hybridized carbons (Fsp3) is 0.281. The number of carbonyl (C=O) groups is 1. The number of hydrogen-bond acceptors (Lipinski definition) is 6. The fourth-order valence-corrected chi connectivity index (χ4v) is 6.78. The number of nitrogens with one attached hydrogen (secondary N) is 3. The van der Waals surface area contributed by atoms with E-state index < -0.39 is 10.0 Å². The molecule has 1 aliphatic carbocycles.